The highest BCUT2D eigenvalue weighted by Gasteiger charge is 2.58. The zero-order valence-corrected chi connectivity index (χ0v) is 12.1. The molecule has 3 unspecified atom stereocenters. The molecule has 2 saturated carbocycles. The van der Waals surface area contributed by atoms with Gasteiger partial charge in [-0.25, -0.2) is 0 Å². The minimum atomic E-state index is 0.103. The van der Waals surface area contributed by atoms with E-state index in [1.807, 2.05) is 0 Å². The van der Waals surface area contributed by atoms with Gasteiger partial charge in [0, 0.05) is 25.2 Å². The van der Waals surface area contributed by atoms with Gasteiger partial charge >= 0.3 is 0 Å². The highest BCUT2D eigenvalue weighted by Crippen LogP contribution is 2.51. The summed E-state index contributed by atoms with van der Waals surface area (Å²) in [7, 11) is 0. The number of hydrogen-bond donors (Lipinski definition) is 2. The Bertz CT molecular complexity index is 363. The van der Waals surface area contributed by atoms with Gasteiger partial charge in [0.05, 0.1) is 23.9 Å². The summed E-state index contributed by atoms with van der Waals surface area (Å²) in [5.74, 6) is 0.680. The summed E-state index contributed by atoms with van der Waals surface area (Å²) in [6.45, 7) is 7.41. The van der Waals surface area contributed by atoms with Crippen molar-refractivity contribution in [2.45, 2.75) is 68.9 Å². The quantitative estimate of drug-likeness (QED) is 0.744. The Morgan fingerprint density at radius 3 is 2.42 bits per heavy atom. The van der Waals surface area contributed by atoms with Gasteiger partial charge in [-0.2, -0.15) is 0 Å². The summed E-state index contributed by atoms with van der Waals surface area (Å²) in [5, 5.41) is 7.21. The summed E-state index contributed by atoms with van der Waals surface area (Å²) >= 11 is 0. The topological polar surface area (TPSA) is 42.5 Å². The Hall–Kier alpha value is -0.160. The number of morpholine rings is 2. The maximum absolute atomic E-state index is 6.43. The van der Waals surface area contributed by atoms with E-state index in [4.69, 9.17) is 9.47 Å². The van der Waals surface area contributed by atoms with Crippen molar-refractivity contribution in [1.29, 1.82) is 0 Å². The predicted octanol–water partition coefficient (Wildman–Crippen LogP) is 1.05. The second-order valence-corrected chi connectivity index (χ2v) is 7.11. The summed E-state index contributed by atoms with van der Waals surface area (Å²) in [6, 6.07) is 1.02. The van der Waals surface area contributed by atoms with Crippen LogP contribution >= 0.6 is 0 Å². The fourth-order valence-corrected chi connectivity index (χ4v) is 4.26. The Kier molecular flexibility index (Phi) is 2.76. The average molecular weight is 266 g/mol. The van der Waals surface area contributed by atoms with E-state index in [1.165, 1.54) is 12.8 Å². The third-order valence-corrected chi connectivity index (χ3v) is 6.02. The van der Waals surface area contributed by atoms with Crippen molar-refractivity contribution in [2.24, 2.45) is 5.92 Å². The van der Waals surface area contributed by atoms with Crippen molar-refractivity contribution >= 4 is 0 Å². The van der Waals surface area contributed by atoms with Gasteiger partial charge in [-0.15, -0.1) is 0 Å². The van der Waals surface area contributed by atoms with E-state index in [0.717, 1.165) is 32.5 Å². The highest BCUT2D eigenvalue weighted by atomic mass is 16.5. The first-order valence-electron chi connectivity index (χ1n) is 7.92. The van der Waals surface area contributed by atoms with Gasteiger partial charge in [0.2, 0.25) is 0 Å². The molecule has 0 amide bonds. The van der Waals surface area contributed by atoms with Crippen LogP contribution in [0, 0.1) is 5.92 Å². The Labute approximate surface area is 115 Å². The van der Waals surface area contributed by atoms with Gasteiger partial charge in [-0.05, 0) is 45.4 Å². The SMILES string of the molecule is CC1NCCOC12CC(C1CNC(C)C3(CC3)O1)C2. The van der Waals surface area contributed by atoms with E-state index in [-0.39, 0.29) is 11.2 Å². The molecule has 2 heterocycles. The third-order valence-electron chi connectivity index (χ3n) is 6.02. The molecule has 4 heteroatoms. The molecule has 4 nitrogen and oxygen atoms in total. The van der Waals surface area contributed by atoms with E-state index in [0.29, 0.717) is 24.1 Å². The lowest BCUT2D eigenvalue weighted by atomic mass is 9.64. The van der Waals surface area contributed by atoms with Gasteiger partial charge in [-0.1, -0.05) is 0 Å². The monoisotopic (exact) mass is 266 g/mol. The largest absolute Gasteiger partial charge is 0.372 e. The molecular formula is C15H26N2O2. The Morgan fingerprint density at radius 1 is 1.00 bits per heavy atom. The number of hydrogen-bond acceptors (Lipinski definition) is 4. The second kappa shape index (κ2) is 4.17. The summed E-state index contributed by atoms with van der Waals surface area (Å²) in [5.41, 5.74) is 0.287. The van der Waals surface area contributed by atoms with Gasteiger partial charge in [0.25, 0.3) is 0 Å². The molecule has 4 aliphatic rings. The number of ether oxygens (including phenoxy) is 2. The Balaban J connectivity index is 1.38. The lowest BCUT2D eigenvalue weighted by Gasteiger charge is -2.56. The molecule has 19 heavy (non-hydrogen) atoms. The molecule has 0 aromatic heterocycles. The van der Waals surface area contributed by atoms with Gasteiger partial charge in [0.1, 0.15) is 0 Å². The zero-order chi connectivity index (χ0) is 13.1. The second-order valence-electron chi connectivity index (χ2n) is 7.11. The summed E-state index contributed by atoms with van der Waals surface area (Å²) < 4.78 is 12.5. The lowest BCUT2D eigenvalue weighted by molar-refractivity contribution is -0.206. The number of nitrogens with one attached hydrogen (secondary N) is 2. The van der Waals surface area contributed by atoms with Crippen LogP contribution in [0.2, 0.25) is 0 Å². The minimum absolute atomic E-state index is 0.103. The molecule has 2 aliphatic carbocycles. The normalized spacial score (nSPS) is 52.1. The fraction of sp³-hybridized carbons (Fsp3) is 1.00. The van der Waals surface area contributed by atoms with E-state index in [9.17, 15) is 0 Å². The van der Waals surface area contributed by atoms with Crippen LogP contribution in [0.15, 0.2) is 0 Å². The molecule has 4 fully saturated rings. The molecule has 3 atom stereocenters. The van der Waals surface area contributed by atoms with Crippen molar-refractivity contribution in [3.8, 4) is 0 Å². The molecule has 0 aromatic rings. The lowest BCUT2D eigenvalue weighted by Crippen LogP contribution is -2.66. The van der Waals surface area contributed by atoms with Crippen LogP contribution in [-0.2, 0) is 9.47 Å². The molecular weight excluding hydrogens is 240 g/mol. The zero-order valence-electron chi connectivity index (χ0n) is 12.1. The molecule has 108 valence electrons. The smallest absolute Gasteiger partial charge is 0.0839 e. The first-order valence-corrected chi connectivity index (χ1v) is 7.92. The van der Waals surface area contributed by atoms with Crippen molar-refractivity contribution in [3.05, 3.63) is 0 Å². The molecule has 2 aliphatic heterocycles. The highest BCUT2D eigenvalue weighted by molar-refractivity contribution is 5.11. The van der Waals surface area contributed by atoms with E-state index >= 15 is 0 Å². The van der Waals surface area contributed by atoms with Gasteiger partial charge in [-0.3, -0.25) is 0 Å². The van der Waals surface area contributed by atoms with Crippen molar-refractivity contribution in [2.75, 3.05) is 19.7 Å². The van der Waals surface area contributed by atoms with Crippen LogP contribution in [0.5, 0.6) is 0 Å². The van der Waals surface area contributed by atoms with Crippen LogP contribution in [-0.4, -0.2) is 49.1 Å². The molecule has 2 N–H and O–H groups in total. The van der Waals surface area contributed by atoms with Crippen molar-refractivity contribution in [3.63, 3.8) is 0 Å². The predicted molar refractivity (Wildman–Crippen MR) is 73.2 cm³/mol. The molecule has 4 rings (SSSR count). The van der Waals surface area contributed by atoms with Crippen molar-refractivity contribution in [1.82, 2.24) is 10.6 Å². The molecule has 0 aromatic carbocycles. The first-order chi connectivity index (χ1) is 9.14. The van der Waals surface area contributed by atoms with Gasteiger partial charge < -0.3 is 20.1 Å². The summed E-state index contributed by atoms with van der Waals surface area (Å²) in [6.07, 6.45) is 5.21. The van der Waals surface area contributed by atoms with Crippen LogP contribution in [0.1, 0.15) is 39.5 Å². The van der Waals surface area contributed by atoms with Crippen LogP contribution in [0.25, 0.3) is 0 Å². The summed E-state index contributed by atoms with van der Waals surface area (Å²) in [4.78, 5) is 0. The Morgan fingerprint density at radius 2 is 1.74 bits per heavy atom. The first kappa shape index (κ1) is 12.6. The minimum Gasteiger partial charge on any atom is -0.372 e. The van der Waals surface area contributed by atoms with Crippen LogP contribution < -0.4 is 10.6 Å². The molecule has 2 spiro atoms. The third kappa shape index (κ3) is 1.88. The van der Waals surface area contributed by atoms with Gasteiger partial charge in [0.15, 0.2) is 0 Å². The average Bonchev–Trinajstić information content (AvgIpc) is 3.12. The standard InChI is InChI=1S/C15H26N2O2/c1-10-14(3-4-14)19-13(9-17-10)12-7-15(8-12)11(2)16-5-6-18-15/h10-13,16-17H,3-9H2,1-2H3. The maximum Gasteiger partial charge on any atom is 0.0839 e. The van der Waals surface area contributed by atoms with Crippen molar-refractivity contribution < 1.29 is 9.47 Å². The fourth-order valence-electron chi connectivity index (χ4n) is 4.26. The number of rotatable bonds is 1. The molecule has 0 radical (unpaired) electrons. The maximum atomic E-state index is 6.43. The van der Waals surface area contributed by atoms with Crippen LogP contribution in [0.4, 0.5) is 0 Å². The molecule has 2 saturated heterocycles. The molecule has 0 bridgehead atoms. The van der Waals surface area contributed by atoms with Crippen LogP contribution in [0.3, 0.4) is 0 Å². The van der Waals surface area contributed by atoms with E-state index in [2.05, 4.69) is 24.5 Å². The van der Waals surface area contributed by atoms with E-state index < -0.39 is 0 Å². The van der Waals surface area contributed by atoms with E-state index in [1.54, 1.807) is 0 Å².